The third kappa shape index (κ3) is 4.20. The normalized spacial score (nSPS) is 10.1. The molecule has 0 bridgehead atoms. The molecular weight excluding hydrogens is 192 g/mol. The number of nitrogens with one attached hydrogen (secondary N) is 1. The maximum Gasteiger partial charge on any atom is 0.0991 e. The van der Waals surface area contributed by atoms with Crippen molar-refractivity contribution in [3.63, 3.8) is 0 Å². The summed E-state index contributed by atoms with van der Waals surface area (Å²) in [6, 6.07) is 9.01. The van der Waals surface area contributed by atoms with E-state index < -0.39 is 0 Å². The van der Waals surface area contributed by atoms with Crippen LogP contribution in [0.5, 0.6) is 0 Å². The zero-order chi connectivity index (χ0) is 10.9. The molecule has 0 heterocycles. The Hall–Kier alpha value is -1.93. The summed E-state index contributed by atoms with van der Waals surface area (Å²) in [5.74, 6) is 0. The van der Waals surface area contributed by atoms with Crippen molar-refractivity contribution in [2.75, 3.05) is 25.7 Å². The van der Waals surface area contributed by atoms with Gasteiger partial charge in [0.1, 0.15) is 0 Å². The minimum atomic E-state index is 0.528. The van der Waals surface area contributed by atoms with Crippen LogP contribution in [0.25, 0.3) is 0 Å². The van der Waals surface area contributed by atoms with Crippen LogP contribution >= 0.6 is 0 Å². The molecule has 78 valence electrons. The van der Waals surface area contributed by atoms with Gasteiger partial charge in [0, 0.05) is 7.11 Å². The summed E-state index contributed by atoms with van der Waals surface area (Å²) in [6.07, 6.45) is 0. The van der Waals surface area contributed by atoms with Gasteiger partial charge >= 0.3 is 0 Å². The van der Waals surface area contributed by atoms with E-state index in [1.807, 2.05) is 6.07 Å². The van der Waals surface area contributed by atoms with Crippen molar-refractivity contribution in [1.82, 2.24) is 0 Å². The summed E-state index contributed by atoms with van der Waals surface area (Å²) in [6.45, 7) is 1.08. The third-order valence-corrected chi connectivity index (χ3v) is 1.66. The highest BCUT2D eigenvalue weighted by molar-refractivity contribution is 5.46. The van der Waals surface area contributed by atoms with Gasteiger partial charge < -0.3 is 4.74 Å². The monoisotopic (exact) mass is 204 g/mol. The molecule has 15 heavy (non-hydrogen) atoms. The zero-order valence-corrected chi connectivity index (χ0v) is 8.47. The Balaban J connectivity index is 2.38. The summed E-state index contributed by atoms with van der Waals surface area (Å²) >= 11 is 0. The fourth-order valence-electron chi connectivity index (χ4n) is 0.895. The van der Waals surface area contributed by atoms with Crippen LogP contribution in [0.4, 0.5) is 5.69 Å². The van der Waals surface area contributed by atoms with Gasteiger partial charge in [0.15, 0.2) is 0 Å². The van der Waals surface area contributed by atoms with Crippen LogP contribution in [0.2, 0.25) is 0 Å². The lowest BCUT2D eigenvalue weighted by atomic mass is 10.2. The van der Waals surface area contributed by atoms with Gasteiger partial charge in [0.25, 0.3) is 0 Å². The summed E-state index contributed by atoms with van der Waals surface area (Å²) in [7, 11) is 1.61. The number of nitriles is 1. The molecule has 0 atom stereocenters. The second-order valence-corrected chi connectivity index (χ2v) is 2.76. The Morgan fingerprint density at radius 2 is 2.13 bits per heavy atom. The van der Waals surface area contributed by atoms with E-state index in [0.29, 0.717) is 18.7 Å². The molecular formula is C10H12N4O. The lowest BCUT2D eigenvalue weighted by Crippen LogP contribution is -1.93. The van der Waals surface area contributed by atoms with Gasteiger partial charge in [-0.3, -0.25) is 5.43 Å². The second-order valence-electron chi connectivity index (χ2n) is 2.76. The lowest BCUT2D eigenvalue weighted by Gasteiger charge is -1.97. The summed E-state index contributed by atoms with van der Waals surface area (Å²) in [5, 5.41) is 16.1. The van der Waals surface area contributed by atoms with E-state index in [-0.39, 0.29) is 0 Å². The van der Waals surface area contributed by atoms with Crippen LogP contribution in [-0.4, -0.2) is 20.3 Å². The van der Waals surface area contributed by atoms with Crippen molar-refractivity contribution in [3.8, 4) is 6.07 Å². The molecule has 0 radical (unpaired) electrons. The topological polar surface area (TPSA) is 69.8 Å². The van der Waals surface area contributed by atoms with Gasteiger partial charge in [0.2, 0.25) is 0 Å². The molecule has 0 fully saturated rings. The summed E-state index contributed by atoms with van der Waals surface area (Å²) in [4.78, 5) is 0. The van der Waals surface area contributed by atoms with E-state index in [0.717, 1.165) is 5.69 Å². The third-order valence-electron chi connectivity index (χ3n) is 1.66. The van der Waals surface area contributed by atoms with E-state index >= 15 is 0 Å². The molecule has 0 unspecified atom stereocenters. The number of hydrogen-bond donors (Lipinski definition) is 1. The number of anilines is 1. The highest BCUT2D eigenvalue weighted by Crippen LogP contribution is 2.08. The largest absolute Gasteiger partial charge is 0.383 e. The Labute approximate surface area is 88.4 Å². The van der Waals surface area contributed by atoms with Crippen molar-refractivity contribution >= 4 is 5.69 Å². The number of hydrogen-bond acceptors (Lipinski definition) is 4. The summed E-state index contributed by atoms with van der Waals surface area (Å²) in [5.41, 5.74) is 4.17. The van der Waals surface area contributed by atoms with Crippen LogP contribution in [0.3, 0.4) is 0 Å². The standard InChI is InChI=1S/C10H12N4O/c1-15-7-6-12-14-13-10-4-2-9(8-11)3-5-10/h2-5H,6-7H2,1H3,(H,12,13). The van der Waals surface area contributed by atoms with Crippen LogP contribution in [-0.2, 0) is 4.74 Å². The van der Waals surface area contributed by atoms with Crippen molar-refractivity contribution in [2.45, 2.75) is 0 Å². The minimum Gasteiger partial charge on any atom is -0.383 e. The van der Waals surface area contributed by atoms with Gasteiger partial charge in [-0.25, -0.2) is 0 Å². The first-order valence-electron chi connectivity index (χ1n) is 4.48. The fraction of sp³-hybridized carbons (Fsp3) is 0.300. The number of ether oxygens (including phenoxy) is 1. The predicted octanol–water partition coefficient (Wildman–Crippen LogP) is 1.98. The van der Waals surface area contributed by atoms with E-state index in [2.05, 4.69) is 15.8 Å². The molecule has 0 saturated heterocycles. The molecule has 0 aliphatic carbocycles. The number of nitrogens with zero attached hydrogens (tertiary/aromatic N) is 3. The minimum absolute atomic E-state index is 0.528. The molecule has 1 aromatic carbocycles. The molecule has 5 heteroatoms. The van der Waals surface area contributed by atoms with Crippen molar-refractivity contribution in [3.05, 3.63) is 29.8 Å². The Morgan fingerprint density at radius 1 is 1.40 bits per heavy atom. The van der Waals surface area contributed by atoms with Crippen LogP contribution < -0.4 is 5.43 Å². The Morgan fingerprint density at radius 3 is 2.73 bits per heavy atom. The predicted molar refractivity (Wildman–Crippen MR) is 56.4 cm³/mol. The van der Waals surface area contributed by atoms with Gasteiger partial charge in [0.05, 0.1) is 30.5 Å². The van der Waals surface area contributed by atoms with E-state index in [4.69, 9.17) is 10.00 Å². The molecule has 0 aliphatic rings. The van der Waals surface area contributed by atoms with Crippen molar-refractivity contribution in [1.29, 1.82) is 5.26 Å². The lowest BCUT2D eigenvalue weighted by molar-refractivity contribution is 0.206. The first-order chi connectivity index (χ1) is 7.36. The van der Waals surface area contributed by atoms with E-state index in [9.17, 15) is 0 Å². The van der Waals surface area contributed by atoms with Crippen molar-refractivity contribution in [2.24, 2.45) is 10.3 Å². The van der Waals surface area contributed by atoms with Gasteiger partial charge in [-0.05, 0) is 24.3 Å². The molecule has 1 aromatic rings. The smallest absolute Gasteiger partial charge is 0.0991 e. The number of methoxy groups -OCH3 is 1. The Kier molecular flexibility index (Phi) is 4.84. The van der Waals surface area contributed by atoms with Gasteiger partial charge in [-0.1, -0.05) is 5.22 Å². The van der Waals surface area contributed by atoms with Crippen molar-refractivity contribution < 1.29 is 4.74 Å². The molecule has 1 rings (SSSR count). The van der Waals surface area contributed by atoms with Gasteiger partial charge in [-0.2, -0.15) is 10.4 Å². The summed E-state index contributed by atoms with van der Waals surface area (Å²) < 4.78 is 4.81. The van der Waals surface area contributed by atoms with Crippen LogP contribution in [0.15, 0.2) is 34.6 Å². The Bertz CT molecular complexity index is 353. The average Bonchev–Trinajstić information content (AvgIpc) is 2.30. The molecule has 1 N–H and O–H groups in total. The van der Waals surface area contributed by atoms with E-state index in [1.54, 1.807) is 31.4 Å². The molecule has 5 nitrogen and oxygen atoms in total. The maximum absolute atomic E-state index is 8.58. The number of rotatable bonds is 5. The quantitative estimate of drug-likeness (QED) is 0.453. The molecule has 0 amide bonds. The first kappa shape index (κ1) is 11.1. The maximum atomic E-state index is 8.58. The van der Waals surface area contributed by atoms with E-state index in [1.165, 1.54) is 0 Å². The fourth-order valence-corrected chi connectivity index (χ4v) is 0.895. The van der Waals surface area contributed by atoms with Gasteiger partial charge in [-0.15, -0.1) is 0 Å². The second kappa shape index (κ2) is 6.51. The first-order valence-corrected chi connectivity index (χ1v) is 4.48. The molecule has 0 aromatic heterocycles. The van der Waals surface area contributed by atoms with Crippen LogP contribution in [0, 0.1) is 11.3 Å². The van der Waals surface area contributed by atoms with Crippen LogP contribution in [0.1, 0.15) is 5.56 Å². The SMILES string of the molecule is COCCN=NNc1ccc(C#N)cc1. The zero-order valence-electron chi connectivity index (χ0n) is 8.47. The highest BCUT2D eigenvalue weighted by Gasteiger charge is 1.90. The molecule has 0 saturated carbocycles. The number of benzene rings is 1. The average molecular weight is 204 g/mol. The highest BCUT2D eigenvalue weighted by atomic mass is 16.5. The molecule has 0 spiro atoms. The molecule has 0 aliphatic heterocycles.